The Morgan fingerprint density at radius 1 is 1.08 bits per heavy atom. The van der Waals surface area contributed by atoms with Crippen molar-refractivity contribution in [1.82, 2.24) is 39.1 Å². The molecule has 25 heavy (non-hydrogen) atoms. The first kappa shape index (κ1) is 14.3. The van der Waals surface area contributed by atoms with Crippen LogP contribution in [0, 0.1) is 0 Å². The van der Waals surface area contributed by atoms with E-state index in [0.29, 0.717) is 18.2 Å². The van der Waals surface area contributed by atoms with E-state index in [1.165, 1.54) is 18.4 Å². The summed E-state index contributed by atoms with van der Waals surface area (Å²) >= 11 is 0. The lowest BCUT2D eigenvalue weighted by atomic mass is 10.2. The van der Waals surface area contributed by atoms with E-state index < -0.39 is 0 Å². The predicted molar refractivity (Wildman–Crippen MR) is 87.1 cm³/mol. The molecule has 1 aliphatic rings. The van der Waals surface area contributed by atoms with Crippen molar-refractivity contribution in [2.75, 3.05) is 0 Å². The van der Waals surface area contributed by atoms with Gasteiger partial charge in [-0.15, -0.1) is 15.3 Å². The molecule has 0 amide bonds. The van der Waals surface area contributed by atoms with Crippen LogP contribution in [0.4, 0.5) is 0 Å². The highest BCUT2D eigenvalue weighted by Gasteiger charge is 2.25. The number of fused-ring (bicyclic) bond motifs is 1. The Balaban J connectivity index is 1.59. The highest BCUT2D eigenvalue weighted by Crippen LogP contribution is 2.41. The molecule has 0 bridgehead atoms. The topological polar surface area (TPSA) is 99.0 Å². The number of aromatic nitrogens is 8. The van der Waals surface area contributed by atoms with E-state index >= 15 is 0 Å². The predicted octanol–water partition coefficient (Wildman–Crippen LogP) is 0.924. The summed E-state index contributed by atoms with van der Waals surface area (Å²) in [5.41, 5.74) is 4.54. The molecule has 0 aliphatic heterocycles. The molecule has 1 saturated carbocycles. The van der Waals surface area contributed by atoms with Crippen molar-refractivity contribution in [1.29, 1.82) is 0 Å². The standard InChI is InChI=1S/C16H16N8O/c25-8-14-7-24(21-20-14)6-13-5-22-4-12(11-1-2-11)3-15(16(22)19-13)23-9-17-18-10-23/h3-5,7,9-11,25H,1-2,6,8H2. The van der Waals surface area contributed by atoms with Crippen molar-refractivity contribution in [3.8, 4) is 5.69 Å². The Bertz CT molecular complexity index is 1030. The van der Waals surface area contributed by atoms with Crippen molar-refractivity contribution in [2.24, 2.45) is 0 Å². The van der Waals surface area contributed by atoms with E-state index in [1.54, 1.807) is 23.5 Å². The van der Waals surface area contributed by atoms with Crippen molar-refractivity contribution in [3.63, 3.8) is 0 Å². The smallest absolute Gasteiger partial charge is 0.161 e. The lowest BCUT2D eigenvalue weighted by molar-refractivity contribution is 0.276. The number of aliphatic hydroxyl groups is 1. The van der Waals surface area contributed by atoms with Crippen LogP contribution in [-0.4, -0.2) is 44.2 Å². The number of hydrogen-bond acceptors (Lipinski definition) is 6. The minimum absolute atomic E-state index is 0.117. The average Bonchev–Trinajstić information content (AvgIpc) is 3.03. The van der Waals surface area contributed by atoms with Gasteiger partial charge in [0.1, 0.15) is 18.3 Å². The minimum atomic E-state index is -0.117. The van der Waals surface area contributed by atoms with Gasteiger partial charge >= 0.3 is 0 Å². The maximum Gasteiger partial charge on any atom is 0.161 e. The molecule has 126 valence electrons. The first-order valence-electron chi connectivity index (χ1n) is 8.16. The molecule has 0 radical (unpaired) electrons. The summed E-state index contributed by atoms with van der Waals surface area (Å²) < 4.78 is 5.62. The van der Waals surface area contributed by atoms with Crippen LogP contribution in [0.15, 0.2) is 37.3 Å². The Kier molecular flexibility index (Phi) is 3.14. The van der Waals surface area contributed by atoms with Gasteiger partial charge in [-0.2, -0.15) is 0 Å². The van der Waals surface area contributed by atoms with E-state index in [-0.39, 0.29) is 6.61 Å². The van der Waals surface area contributed by atoms with E-state index in [4.69, 9.17) is 10.1 Å². The zero-order chi connectivity index (χ0) is 16.8. The third-order valence-electron chi connectivity index (χ3n) is 4.42. The second-order valence-electron chi connectivity index (χ2n) is 6.33. The molecule has 0 spiro atoms. The number of pyridine rings is 1. The normalized spacial score (nSPS) is 14.4. The van der Waals surface area contributed by atoms with E-state index in [9.17, 15) is 0 Å². The van der Waals surface area contributed by atoms with Crippen molar-refractivity contribution in [3.05, 3.63) is 54.3 Å². The van der Waals surface area contributed by atoms with Crippen LogP contribution in [0.25, 0.3) is 11.3 Å². The first-order valence-corrected chi connectivity index (χ1v) is 8.16. The molecule has 4 aromatic rings. The summed E-state index contributed by atoms with van der Waals surface area (Å²) in [7, 11) is 0. The molecule has 1 fully saturated rings. The summed E-state index contributed by atoms with van der Waals surface area (Å²) in [4.78, 5) is 4.76. The van der Waals surface area contributed by atoms with Gasteiger partial charge < -0.3 is 9.51 Å². The molecule has 5 rings (SSSR count). The number of rotatable bonds is 5. The molecule has 9 nitrogen and oxygen atoms in total. The Hall–Kier alpha value is -3.07. The van der Waals surface area contributed by atoms with Gasteiger partial charge in [-0.3, -0.25) is 4.57 Å². The number of hydrogen-bond donors (Lipinski definition) is 1. The third-order valence-corrected chi connectivity index (χ3v) is 4.42. The molecular formula is C16H16N8O. The molecule has 0 unspecified atom stereocenters. The van der Waals surface area contributed by atoms with Crippen LogP contribution in [0.2, 0.25) is 0 Å². The van der Waals surface area contributed by atoms with Gasteiger partial charge in [-0.1, -0.05) is 5.21 Å². The number of nitrogens with zero attached hydrogens (tertiary/aromatic N) is 8. The zero-order valence-corrected chi connectivity index (χ0v) is 13.4. The van der Waals surface area contributed by atoms with Crippen molar-refractivity contribution in [2.45, 2.75) is 31.9 Å². The molecule has 4 heterocycles. The second kappa shape index (κ2) is 5.49. The average molecular weight is 336 g/mol. The summed E-state index contributed by atoms with van der Waals surface area (Å²) in [6, 6.07) is 2.17. The highest BCUT2D eigenvalue weighted by atomic mass is 16.3. The maximum atomic E-state index is 9.11. The highest BCUT2D eigenvalue weighted by molar-refractivity contribution is 5.61. The van der Waals surface area contributed by atoms with Crippen molar-refractivity contribution < 1.29 is 5.11 Å². The fraction of sp³-hybridized carbons (Fsp3) is 0.312. The van der Waals surface area contributed by atoms with Gasteiger partial charge in [-0.25, -0.2) is 9.67 Å². The summed E-state index contributed by atoms with van der Waals surface area (Å²) in [5.74, 6) is 0.632. The Morgan fingerprint density at radius 2 is 1.92 bits per heavy atom. The van der Waals surface area contributed by atoms with Crippen LogP contribution in [0.3, 0.4) is 0 Å². The monoisotopic (exact) mass is 336 g/mol. The summed E-state index contributed by atoms with van der Waals surface area (Å²) in [6.07, 6.45) is 11.7. The fourth-order valence-electron chi connectivity index (χ4n) is 3.04. The molecule has 0 saturated heterocycles. The van der Waals surface area contributed by atoms with Crippen LogP contribution >= 0.6 is 0 Å². The van der Waals surface area contributed by atoms with E-state index in [1.807, 2.05) is 10.8 Å². The maximum absolute atomic E-state index is 9.11. The van der Waals surface area contributed by atoms with E-state index in [2.05, 4.69) is 37.2 Å². The second-order valence-corrected chi connectivity index (χ2v) is 6.33. The molecule has 9 heteroatoms. The largest absolute Gasteiger partial charge is 0.390 e. The van der Waals surface area contributed by atoms with Crippen LogP contribution in [-0.2, 0) is 13.2 Å². The van der Waals surface area contributed by atoms with Crippen LogP contribution in [0.1, 0.15) is 35.7 Å². The van der Waals surface area contributed by atoms with Gasteiger partial charge in [0.05, 0.1) is 30.7 Å². The summed E-state index contributed by atoms with van der Waals surface area (Å²) in [5, 5.41) is 24.8. The molecule has 0 atom stereocenters. The molecule has 1 N–H and O–H groups in total. The van der Waals surface area contributed by atoms with E-state index in [0.717, 1.165) is 17.0 Å². The van der Waals surface area contributed by atoms with Crippen LogP contribution < -0.4 is 0 Å². The SMILES string of the molecule is OCc1cn(Cc2cn3cc(C4CC4)cc(-n4cnnc4)c3n2)nn1. The van der Waals surface area contributed by atoms with Gasteiger partial charge in [0.2, 0.25) is 0 Å². The molecule has 4 aromatic heterocycles. The molecular weight excluding hydrogens is 320 g/mol. The third kappa shape index (κ3) is 2.58. The fourth-order valence-corrected chi connectivity index (χ4v) is 3.04. The zero-order valence-electron chi connectivity index (χ0n) is 13.4. The van der Waals surface area contributed by atoms with Crippen molar-refractivity contribution >= 4 is 5.65 Å². The molecule has 1 aliphatic carbocycles. The Labute approximate surface area is 142 Å². The number of imidazole rings is 1. The lowest BCUT2D eigenvalue weighted by Crippen LogP contribution is -2.00. The Morgan fingerprint density at radius 3 is 2.64 bits per heavy atom. The van der Waals surface area contributed by atoms with Crippen LogP contribution in [0.5, 0.6) is 0 Å². The first-order chi connectivity index (χ1) is 12.3. The lowest BCUT2D eigenvalue weighted by Gasteiger charge is -2.07. The van der Waals surface area contributed by atoms with Gasteiger partial charge in [0.25, 0.3) is 0 Å². The number of aliphatic hydroxyl groups excluding tert-OH is 1. The van der Waals surface area contributed by atoms with Gasteiger partial charge in [0.15, 0.2) is 5.65 Å². The van der Waals surface area contributed by atoms with Gasteiger partial charge in [-0.05, 0) is 30.4 Å². The minimum Gasteiger partial charge on any atom is -0.390 e. The molecule has 0 aromatic carbocycles. The van der Waals surface area contributed by atoms with Gasteiger partial charge in [0, 0.05) is 12.4 Å². The quantitative estimate of drug-likeness (QED) is 0.582. The summed E-state index contributed by atoms with van der Waals surface area (Å²) in [6.45, 7) is 0.378.